The smallest absolute Gasteiger partial charge is 0.0406 e. The molecule has 2 fully saturated rings. The first kappa shape index (κ1) is 19.2. The minimum absolute atomic E-state index is 0.805. The molecule has 1 aromatic rings. The van der Waals surface area contributed by atoms with Gasteiger partial charge in [0.1, 0.15) is 0 Å². The van der Waals surface area contributed by atoms with E-state index in [2.05, 4.69) is 40.9 Å². The Morgan fingerprint density at radius 3 is 2.28 bits per heavy atom. The van der Waals surface area contributed by atoms with Crippen LogP contribution in [-0.2, 0) is 6.42 Å². The minimum Gasteiger partial charge on any atom is -0.306 e. The van der Waals surface area contributed by atoms with Gasteiger partial charge in [0.15, 0.2) is 0 Å². The fraction of sp³-hybridized carbons (Fsp3) is 0.714. The summed E-state index contributed by atoms with van der Waals surface area (Å²) in [5.74, 6) is 0.886. The molecule has 0 radical (unpaired) electrons. The number of likely N-dealkylation sites (tertiary alicyclic amines) is 2. The Kier molecular flexibility index (Phi) is 7.18. The van der Waals surface area contributed by atoms with Crippen LogP contribution in [0.5, 0.6) is 0 Å². The van der Waals surface area contributed by atoms with Gasteiger partial charge in [-0.1, -0.05) is 23.7 Å². The molecule has 1 aromatic carbocycles. The van der Waals surface area contributed by atoms with Crippen LogP contribution in [0.2, 0.25) is 5.02 Å². The third kappa shape index (κ3) is 5.96. The SMILES string of the molecule is CN1CCC(N(C)CC2CCN(CCc3ccc(Cl)cc3)CC2)CC1. The summed E-state index contributed by atoms with van der Waals surface area (Å²) in [6, 6.07) is 9.13. The second-order valence-electron chi connectivity index (χ2n) is 8.14. The molecule has 0 amide bonds. The molecule has 0 atom stereocenters. The fourth-order valence-corrected chi connectivity index (χ4v) is 4.45. The lowest BCUT2D eigenvalue weighted by Crippen LogP contribution is -2.45. The van der Waals surface area contributed by atoms with Gasteiger partial charge in [-0.15, -0.1) is 0 Å². The number of hydrogen-bond donors (Lipinski definition) is 0. The third-order valence-corrected chi connectivity index (χ3v) is 6.45. The maximum absolute atomic E-state index is 5.96. The summed E-state index contributed by atoms with van der Waals surface area (Å²) in [4.78, 5) is 7.76. The lowest BCUT2D eigenvalue weighted by Gasteiger charge is -2.39. The zero-order chi connectivity index (χ0) is 17.6. The zero-order valence-electron chi connectivity index (χ0n) is 16.0. The molecule has 0 aromatic heterocycles. The Morgan fingerprint density at radius 1 is 1.00 bits per heavy atom. The first-order valence-corrected chi connectivity index (χ1v) is 10.3. The molecular formula is C21H34ClN3. The van der Waals surface area contributed by atoms with Crippen molar-refractivity contribution in [2.45, 2.75) is 38.1 Å². The Bertz CT molecular complexity index is 502. The lowest BCUT2D eigenvalue weighted by atomic mass is 9.94. The summed E-state index contributed by atoms with van der Waals surface area (Å²) in [5.41, 5.74) is 1.40. The number of halogens is 1. The Balaban J connectivity index is 1.34. The van der Waals surface area contributed by atoms with Crippen molar-refractivity contribution in [2.75, 3.05) is 53.4 Å². The highest BCUT2D eigenvalue weighted by Gasteiger charge is 2.25. The third-order valence-electron chi connectivity index (χ3n) is 6.19. The molecule has 2 heterocycles. The maximum atomic E-state index is 5.96. The molecule has 2 aliphatic heterocycles. The summed E-state index contributed by atoms with van der Waals surface area (Å²) in [5, 5.41) is 0.832. The first-order valence-electron chi connectivity index (χ1n) is 9.96. The fourth-order valence-electron chi connectivity index (χ4n) is 4.32. The number of nitrogens with zero attached hydrogens (tertiary/aromatic N) is 3. The largest absolute Gasteiger partial charge is 0.306 e. The van der Waals surface area contributed by atoms with Gasteiger partial charge >= 0.3 is 0 Å². The van der Waals surface area contributed by atoms with E-state index < -0.39 is 0 Å². The van der Waals surface area contributed by atoms with Crippen LogP contribution in [0, 0.1) is 5.92 Å². The van der Waals surface area contributed by atoms with Crippen LogP contribution in [0.1, 0.15) is 31.2 Å². The molecule has 140 valence electrons. The monoisotopic (exact) mass is 363 g/mol. The molecule has 0 spiro atoms. The van der Waals surface area contributed by atoms with E-state index in [1.165, 1.54) is 70.5 Å². The zero-order valence-corrected chi connectivity index (χ0v) is 16.7. The predicted molar refractivity (Wildman–Crippen MR) is 107 cm³/mol. The molecule has 2 aliphatic rings. The minimum atomic E-state index is 0.805. The second-order valence-corrected chi connectivity index (χ2v) is 8.57. The Morgan fingerprint density at radius 2 is 1.64 bits per heavy atom. The summed E-state index contributed by atoms with van der Waals surface area (Å²) in [7, 11) is 4.60. The molecule has 0 aliphatic carbocycles. The van der Waals surface area contributed by atoms with Crippen LogP contribution in [0.15, 0.2) is 24.3 Å². The molecule has 3 nitrogen and oxygen atoms in total. The van der Waals surface area contributed by atoms with E-state index in [9.17, 15) is 0 Å². The molecule has 3 rings (SSSR count). The van der Waals surface area contributed by atoms with Crippen molar-refractivity contribution >= 4 is 11.6 Å². The molecule has 0 unspecified atom stereocenters. The van der Waals surface area contributed by atoms with Gasteiger partial charge in [0, 0.05) is 24.2 Å². The molecule has 2 saturated heterocycles. The maximum Gasteiger partial charge on any atom is 0.0406 e. The highest BCUT2D eigenvalue weighted by Crippen LogP contribution is 2.22. The lowest BCUT2D eigenvalue weighted by molar-refractivity contribution is 0.103. The van der Waals surface area contributed by atoms with Gasteiger partial charge in [-0.25, -0.2) is 0 Å². The van der Waals surface area contributed by atoms with E-state index in [0.717, 1.165) is 23.4 Å². The van der Waals surface area contributed by atoms with E-state index in [4.69, 9.17) is 11.6 Å². The highest BCUT2D eigenvalue weighted by atomic mass is 35.5. The van der Waals surface area contributed by atoms with Gasteiger partial charge in [-0.05, 0) is 96.0 Å². The van der Waals surface area contributed by atoms with Crippen LogP contribution in [0.3, 0.4) is 0 Å². The summed E-state index contributed by atoms with van der Waals surface area (Å²) in [6.45, 7) is 7.52. The average molecular weight is 364 g/mol. The summed E-state index contributed by atoms with van der Waals surface area (Å²) in [6.07, 6.45) is 6.53. The number of benzene rings is 1. The van der Waals surface area contributed by atoms with Crippen molar-refractivity contribution in [2.24, 2.45) is 5.92 Å². The van der Waals surface area contributed by atoms with Crippen LogP contribution in [0.4, 0.5) is 0 Å². The van der Waals surface area contributed by atoms with Crippen molar-refractivity contribution < 1.29 is 0 Å². The summed E-state index contributed by atoms with van der Waals surface area (Å²) >= 11 is 5.96. The average Bonchev–Trinajstić information content (AvgIpc) is 2.63. The van der Waals surface area contributed by atoms with Gasteiger partial charge in [0.25, 0.3) is 0 Å². The number of rotatable bonds is 6. The van der Waals surface area contributed by atoms with E-state index in [0.29, 0.717) is 0 Å². The Labute approximate surface area is 158 Å². The number of piperidine rings is 2. The van der Waals surface area contributed by atoms with Crippen LogP contribution < -0.4 is 0 Å². The van der Waals surface area contributed by atoms with Gasteiger partial charge in [0.05, 0.1) is 0 Å². The predicted octanol–water partition coefficient (Wildman–Crippen LogP) is 3.62. The normalized spacial score (nSPS) is 21.9. The van der Waals surface area contributed by atoms with Gasteiger partial charge in [-0.2, -0.15) is 0 Å². The van der Waals surface area contributed by atoms with E-state index in [-0.39, 0.29) is 0 Å². The van der Waals surface area contributed by atoms with Crippen molar-refractivity contribution in [1.82, 2.24) is 14.7 Å². The van der Waals surface area contributed by atoms with Gasteiger partial charge in [0.2, 0.25) is 0 Å². The van der Waals surface area contributed by atoms with E-state index in [1.807, 2.05) is 12.1 Å². The second kappa shape index (κ2) is 9.36. The molecule has 0 saturated carbocycles. The molecule has 0 N–H and O–H groups in total. The first-order chi connectivity index (χ1) is 12.1. The summed E-state index contributed by atoms with van der Waals surface area (Å²) < 4.78 is 0. The van der Waals surface area contributed by atoms with Crippen LogP contribution in [-0.4, -0.2) is 74.1 Å². The standard InChI is InChI=1S/C21H34ClN3/c1-23-12-10-21(11-13-23)24(2)17-19-8-15-25(16-9-19)14-7-18-3-5-20(22)6-4-18/h3-6,19,21H,7-17H2,1-2H3. The number of hydrogen-bond acceptors (Lipinski definition) is 3. The topological polar surface area (TPSA) is 9.72 Å². The molecule has 25 heavy (non-hydrogen) atoms. The quantitative estimate of drug-likeness (QED) is 0.764. The Hall–Kier alpha value is -0.610. The molecule has 0 bridgehead atoms. The highest BCUT2D eigenvalue weighted by molar-refractivity contribution is 6.30. The van der Waals surface area contributed by atoms with Gasteiger partial charge < -0.3 is 14.7 Å². The van der Waals surface area contributed by atoms with Crippen molar-refractivity contribution in [3.05, 3.63) is 34.9 Å². The van der Waals surface area contributed by atoms with Gasteiger partial charge in [-0.3, -0.25) is 0 Å². The molecule has 4 heteroatoms. The van der Waals surface area contributed by atoms with E-state index in [1.54, 1.807) is 0 Å². The van der Waals surface area contributed by atoms with Crippen molar-refractivity contribution in [3.63, 3.8) is 0 Å². The van der Waals surface area contributed by atoms with E-state index >= 15 is 0 Å². The van der Waals surface area contributed by atoms with Crippen LogP contribution in [0.25, 0.3) is 0 Å². The van der Waals surface area contributed by atoms with Crippen molar-refractivity contribution in [1.29, 1.82) is 0 Å². The van der Waals surface area contributed by atoms with Crippen molar-refractivity contribution in [3.8, 4) is 0 Å². The molecular weight excluding hydrogens is 330 g/mol. The van der Waals surface area contributed by atoms with Crippen LogP contribution >= 0.6 is 11.6 Å².